The van der Waals surface area contributed by atoms with Crippen LogP contribution >= 0.6 is 11.5 Å². The molecule has 2 rings (SSSR count). The summed E-state index contributed by atoms with van der Waals surface area (Å²) in [6, 6.07) is 9.34. The van der Waals surface area contributed by atoms with Crippen LogP contribution in [0.25, 0.3) is 0 Å². The minimum absolute atomic E-state index is 0.216. The Bertz CT molecular complexity index is 498. The number of para-hydroxylation sites is 1. The van der Waals surface area contributed by atoms with E-state index in [-0.39, 0.29) is 12.3 Å². The summed E-state index contributed by atoms with van der Waals surface area (Å²) in [7, 11) is 1.31. The topological polar surface area (TPSA) is 61.3 Å². The van der Waals surface area contributed by atoms with Crippen molar-refractivity contribution in [2.45, 2.75) is 6.61 Å². The van der Waals surface area contributed by atoms with Crippen molar-refractivity contribution >= 4 is 17.5 Å². The lowest BCUT2D eigenvalue weighted by atomic mass is 10.3. The lowest BCUT2D eigenvalue weighted by molar-refractivity contribution is 0.0591. The van der Waals surface area contributed by atoms with Crippen LogP contribution < -0.4 is 4.74 Å². The van der Waals surface area contributed by atoms with Gasteiger partial charge in [-0.05, 0) is 23.7 Å². The molecule has 0 saturated heterocycles. The molecule has 0 aliphatic rings. The average molecular weight is 250 g/mol. The van der Waals surface area contributed by atoms with E-state index in [0.717, 1.165) is 17.3 Å². The molecular formula is C11H10N2O3S. The Morgan fingerprint density at radius 3 is 2.82 bits per heavy atom. The van der Waals surface area contributed by atoms with Crippen LogP contribution in [0, 0.1) is 0 Å². The van der Waals surface area contributed by atoms with Crippen LogP contribution in [0.3, 0.4) is 0 Å². The number of ether oxygens (including phenoxy) is 2. The number of carbonyl (C=O) groups excluding carboxylic acids is 1. The molecule has 0 bridgehead atoms. The van der Waals surface area contributed by atoms with Gasteiger partial charge in [-0.3, -0.25) is 0 Å². The Morgan fingerprint density at radius 1 is 1.35 bits per heavy atom. The first kappa shape index (κ1) is 11.5. The van der Waals surface area contributed by atoms with Crippen molar-refractivity contribution in [3.05, 3.63) is 40.9 Å². The predicted molar refractivity (Wildman–Crippen MR) is 62.0 cm³/mol. The molecule has 0 aliphatic heterocycles. The summed E-state index contributed by atoms with van der Waals surface area (Å²) in [4.78, 5) is 12.0. The molecule has 1 aromatic carbocycles. The number of nitrogens with zero attached hydrogens (tertiary/aromatic N) is 2. The molecule has 5 nitrogen and oxygen atoms in total. The molecule has 2 aromatic rings. The zero-order valence-electron chi connectivity index (χ0n) is 9.12. The molecule has 0 radical (unpaired) electrons. The molecular weight excluding hydrogens is 240 g/mol. The third-order valence-electron chi connectivity index (χ3n) is 2.05. The van der Waals surface area contributed by atoms with Gasteiger partial charge >= 0.3 is 5.97 Å². The maximum atomic E-state index is 11.3. The SMILES string of the molecule is COC(=O)c1nnsc1COc1ccccc1. The van der Waals surface area contributed by atoms with E-state index in [4.69, 9.17) is 4.74 Å². The highest BCUT2D eigenvalue weighted by Gasteiger charge is 2.17. The molecule has 1 aromatic heterocycles. The van der Waals surface area contributed by atoms with Crippen LogP contribution in [0.4, 0.5) is 0 Å². The summed E-state index contributed by atoms with van der Waals surface area (Å²) in [6.07, 6.45) is 0. The van der Waals surface area contributed by atoms with Crippen LogP contribution in [0.1, 0.15) is 15.4 Å². The van der Waals surface area contributed by atoms with Gasteiger partial charge in [0, 0.05) is 0 Å². The van der Waals surface area contributed by atoms with Crippen LogP contribution in [0.5, 0.6) is 5.75 Å². The average Bonchev–Trinajstić information content (AvgIpc) is 2.85. The van der Waals surface area contributed by atoms with E-state index in [1.807, 2.05) is 30.3 Å². The summed E-state index contributed by atoms with van der Waals surface area (Å²) in [5.41, 5.74) is 0.216. The highest BCUT2D eigenvalue weighted by Crippen LogP contribution is 2.16. The molecule has 0 fully saturated rings. The van der Waals surface area contributed by atoms with Crippen molar-refractivity contribution < 1.29 is 14.3 Å². The van der Waals surface area contributed by atoms with Crippen molar-refractivity contribution in [2.75, 3.05) is 7.11 Å². The number of hydrogen-bond acceptors (Lipinski definition) is 6. The number of esters is 1. The second kappa shape index (κ2) is 5.40. The second-order valence-electron chi connectivity index (χ2n) is 3.14. The highest BCUT2D eigenvalue weighted by molar-refractivity contribution is 7.05. The minimum Gasteiger partial charge on any atom is -0.488 e. The first-order valence-corrected chi connectivity index (χ1v) is 5.66. The van der Waals surface area contributed by atoms with Crippen molar-refractivity contribution in [3.63, 3.8) is 0 Å². The van der Waals surface area contributed by atoms with E-state index in [9.17, 15) is 4.79 Å². The molecule has 0 saturated carbocycles. The first-order valence-electron chi connectivity index (χ1n) is 4.88. The van der Waals surface area contributed by atoms with Crippen LogP contribution in [0.15, 0.2) is 30.3 Å². The number of carbonyl (C=O) groups is 1. The monoisotopic (exact) mass is 250 g/mol. The van der Waals surface area contributed by atoms with Gasteiger partial charge in [-0.2, -0.15) is 0 Å². The van der Waals surface area contributed by atoms with Gasteiger partial charge < -0.3 is 9.47 Å². The molecule has 0 unspecified atom stereocenters. The fourth-order valence-electron chi connectivity index (χ4n) is 1.22. The molecule has 1 heterocycles. The van der Waals surface area contributed by atoms with Gasteiger partial charge in [-0.15, -0.1) is 5.10 Å². The molecule has 0 amide bonds. The van der Waals surface area contributed by atoms with Gasteiger partial charge in [-0.25, -0.2) is 4.79 Å². The van der Waals surface area contributed by atoms with E-state index in [1.165, 1.54) is 7.11 Å². The molecule has 6 heteroatoms. The van der Waals surface area contributed by atoms with Crippen LogP contribution in [-0.4, -0.2) is 22.7 Å². The molecule has 0 atom stereocenters. The maximum absolute atomic E-state index is 11.3. The largest absolute Gasteiger partial charge is 0.488 e. The number of hydrogen-bond donors (Lipinski definition) is 0. The number of rotatable bonds is 4. The van der Waals surface area contributed by atoms with Gasteiger partial charge in [0.2, 0.25) is 0 Å². The lowest BCUT2D eigenvalue weighted by Crippen LogP contribution is -2.06. The third-order valence-corrected chi connectivity index (χ3v) is 2.74. The van der Waals surface area contributed by atoms with Gasteiger partial charge in [0.1, 0.15) is 12.4 Å². The Hall–Kier alpha value is -1.95. The van der Waals surface area contributed by atoms with Crippen molar-refractivity contribution in [3.8, 4) is 5.75 Å². The Labute approximate surface area is 102 Å². The fraction of sp³-hybridized carbons (Fsp3) is 0.182. The normalized spacial score (nSPS) is 9.94. The third kappa shape index (κ3) is 2.79. The van der Waals surface area contributed by atoms with Crippen molar-refractivity contribution in [2.24, 2.45) is 0 Å². The number of methoxy groups -OCH3 is 1. The Kier molecular flexibility index (Phi) is 3.66. The summed E-state index contributed by atoms with van der Waals surface area (Å²) in [5.74, 6) is 0.238. The summed E-state index contributed by atoms with van der Waals surface area (Å²) >= 11 is 1.13. The molecule has 0 N–H and O–H groups in total. The standard InChI is InChI=1S/C11H10N2O3S/c1-15-11(14)10-9(17-13-12-10)7-16-8-5-3-2-4-6-8/h2-6H,7H2,1H3. The summed E-state index contributed by atoms with van der Waals surface area (Å²) in [6.45, 7) is 0.256. The summed E-state index contributed by atoms with van der Waals surface area (Å²) < 4.78 is 13.8. The van der Waals surface area contributed by atoms with E-state index < -0.39 is 5.97 Å². The van der Waals surface area contributed by atoms with Crippen molar-refractivity contribution in [1.29, 1.82) is 0 Å². The van der Waals surface area contributed by atoms with Crippen LogP contribution in [-0.2, 0) is 11.3 Å². The zero-order valence-corrected chi connectivity index (χ0v) is 9.94. The first-order chi connectivity index (χ1) is 8.31. The molecule has 88 valence electrons. The number of benzene rings is 1. The van der Waals surface area contributed by atoms with E-state index >= 15 is 0 Å². The van der Waals surface area contributed by atoms with E-state index in [1.54, 1.807) is 0 Å². The Morgan fingerprint density at radius 2 is 2.12 bits per heavy atom. The molecule has 17 heavy (non-hydrogen) atoms. The van der Waals surface area contributed by atoms with Gasteiger partial charge in [0.05, 0.1) is 12.0 Å². The van der Waals surface area contributed by atoms with Gasteiger partial charge in [0.15, 0.2) is 5.69 Å². The summed E-state index contributed by atoms with van der Waals surface area (Å²) in [5, 5.41) is 3.71. The quantitative estimate of drug-likeness (QED) is 0.775. The van der Waals surface area contributed by atoms with Gasteiger partial charge in [-0.1, -0.05) is 22.7 Å². The zero-order chi connectivity index (χ0) is 12.1. The van der Waals surface area contributed by atoms with Crippen LogP contribution in [0.2, 0.25) is 0 Å². The lowest BCUT2D eigenvalue weighted by Gasteiger charge is -2.04. The maximum Gasteiger partial charge on any atom is 0.359 e. The van der Waals surface area contributed by atoms with Crippen molar-refractivity contribution in [1.82, 2.24) is 9.59 Å². The second-order valence-corrected chi connectivity index (χ2v) is 3.98. The molecule has 0 aliphatic carbocycles. The number of aromatic nitrogens is 2. The molecule has 0 spiro atoms. The van der Waals surface area contributed by atoms with E-state index in [0.29, 0.717) is 4.88 Å². The smallest absolute Gasteiger partial charge is 0.359 e. The van der Waals surface area contributed by atoms with Gasteiger partial charge in [0.25, 0.3) is 0 Å². The minimum atomic E-state index is -0.495. The highest BCUT2D eigenvalue weighted by atomic mass is 32.1. The van der Waals surface area contributed by atoms with E-state index in [2.05, 4.69) is 14.3 Å². The predicted octanol–water partition coefficient (Wildman–Crippen LogP) is 1.90. The Balaban J connectivity index is 2.05. The fourth-order valence-corrected chi connectivity index (χ4v) is 1.76.